The number of hydrogen-bond acceptors (Lipinski definition) is 4. The lowest BCUT2D eigenvalue weighted by atomic mass is 10.3. The van der Waals surface area contributed by atoms with Crippen molar-refractivity contribution in [2.45, 2.75) is 19.6 Å². The van der Waals surface area contributed by atoms with Crippen LogP contribution in [0.5, 0.6) is 5.75 Å². The van der Waals surface area contributed by atoms with E-state index in [4.69, 9.17) is 9.47 Å². The average molecular weight is 364 g/mol. The highest BCUT2D eigenvalue weighted by Crippen LogP contribution is 2.28. The second-order valence-electron chi connectivity index (χ2n) is 5.48. The van der Waals surface area contributed by atoms with Gasteiger partial charge in [0.15, 0.2) is 18.5 Å². The first-order valence-electron chi connectivity index (χ1n) is 7.78. The summed E-state index contributed by atoms with van der Waals surface area (Å²) >= 11 is 0. The number of carbonyl (C=O) groups excluding carboxylic acids is 1. The average Bonchev–Trinajstić information content (AvgIpc) is 3.01. The van der Waals surface area contributed by atoms with E-state index in [-0.39, 0.29) is 17.1 Å². The van der Waals surface area contributed by atoms with Crippen LogP contribution in [0.25, 0.3) is 11.0 Å². The molecule has 0 fully saturated rings. The van der Waals surface area contributed by atoms with Crippen molar-refractivity contribution in [3.63, 3.8) is 0 Å². The molecule has 8 heteroatoms. The van der Waals surface area contributed by atoms with Gasteiger partial charge in [0.1, 0.15) is 11.6 Å². The number of para-hydroxylation sites is 2. The third-order valence-electron chi connectivity index (χ3n) is 3.66. The van der Waals surface area contributed by atoms with Crippen molar-refractivity contribution in [3.05, 3.63) is 60.2 Å². The van der Waals surface area contributed by atoms with E-state index >= 15 is 0 Å². The number of rotatable bonds is 6. The zero-order valence-corrected chi connectivity index (χ0v) is 13.7. The van der Waals surface area contributed by atoms with Gasteiger partial charge >= 0.3 is 12.5 Å². The highest BCUT2D eigenvalue weighted by molar-refractivity contribution is 5.76. The van der Waals surface area contributed by atoms with Gasteiger partial charge in [-0.2, -0.15) is 8.78 Å². The Morgan fingerprint density at radius 3 is 2.54 bits per heavy atom. The molecule has 0 aliphatic rings. The van der Waals surface area contributed by atoms with Crippen LogP contribution < -0.4 is 4.74 Å². The number of imidazole rings is 1. The monoisotopic (exact) mass is 364 g/mol. The fourth-order valence-electron chi connectivity index (χ4n) is 2.51. The van der Waals surface area contributed by atoms with E-state index in [9.17, 15) is 18.0 Å². The van der Waals surface area contributed by atoms with Crippen LogP contribution in [0.1, 0.15) is 25.4 Å². The number of fused-ring (bicyclic) bond motifs is 1. The van der Waals surface area contributed by atoms with Crippen LogP contribution in [0.2, 0.25) is 0 Å². The maximum Gasteiger partial charge on any atom is 0.344 e. The second-order valence-corrected chi connectivity index (χ2v) is 5.48. The molecule has 0 bridgehead atoms. The van der Waals surface area contributed by atoms with Crippen LogP contribution in [-0.2, 0) is 9.53 Å². The second kappa shape index (κ2) is 7.47. The van der Waals surface area contributed by atoms with Crippen LogP contribution in [-0.4, -0.2) is 22.1 Å². The van der Waals surface area contributed by atoms with E-state index in [1.54, 1.807) is 18.2 Å². The highest BCUT2D eigenvalue weighted by Gasteiger charge is 2.24. The van der Waals surface area contributed by atoms with E-state index in [0.29, 0.717) is 5.52 Å². The molecule has 1 unspecified atom stereocenters. The molecule has 0 aliphatic heterocycles. The van der Waals surface area contributed by atoms with Crippen molar-refractivity contribution in [2.24, 2.45) is 0 Å². The molecule has 26 heavy (non-hydrogen) atoms. The molecular formula is C18H15F3N2O3. The third kappa shape index (κ3) is 3.79. The summed E-state index contributed by atoms with van der Waals surface area (Å²) in [4.78, 5) is 16.1. The first kappa shape index (κ1) is 17.8. The minimum Gasteiger partial charge on any atom is -0.482 e. The molecule has 3 aromatic rings. The summed E-state index contributed by atoms with van der Waals surface area (Å²) in [7, 11) is 0. The van der Waals surface area contributed by atoms with Crippen LogP contribution in [0.3, 0.4) is 0 Å². The Bertz CT molecular complexity index is 910. The smallest absolute Gasteiger partial charge is 0.344 e. The van der Waals surface area contributed by atoms with Crippen LogP contribution >= 0.6 is 0 Å². The summed E-state index contributed by atoms with van der Waals surface area (Å²) in [5, 5.41) is 0. The number of carbonyl (C=O) groups is 1. The van der Waals surface area contributed by atoms with Crippen molar-refractivity contribution in [3.8, 4) is 5.75 Å². The number of nitrogens with zero attached hydrogens (tertiary/aromatic N) is 2. The van der Waals surface area contributed by atoms with Crippen molar-refractivity contribution >= 4 is 17.0 Å². The lowest BCUT2D eigenvalue weighted by Crippen LogP contribution is -2.19. The first-order chi connectivity index (χ1) is 12.5. The summed E-state index contributed by atoms with van der Waals surface area (Å²) in [6, 6.07) is 11.5. The van der Waals surface area contributed by atoms with Gasteiger partial charge in [0, 0.05) is 0 Å². The Balaban J connectivity index is 1.70. The van der Waals surface area contributed by atoms with Crippen LogP contribution in [0.15, 0.2) is 48.5 Å². The third-order valence-corrected chi connectivity index (χ3v) is 3.66. The van der Waals surface area contributed by atoms with Gasteiger partial charge in [-0.3, -0.25) is 4.57 Å². The summed E-state index contributed by atoms with van der Waals surface area (Å²) in [6.07, 6.45) is -0.999. The molecule has 0 N–H and O–H groups in total. The highest BCUT2D eigenvalue weighted by atomic mass is 19.3. The van der Waals surface area contributed by atoms with Crippen molar-refractivity contribution in [1.29, 1.82) is 0 Å². The summed E-state index contributed by atoms with van der Waals surface area (Å²) < 4.78 is 50.7. The number of benzene rings is 2. The number of ether oxygens (including phenoxy) is 2. The van der Waals surface area contributed by atoms with Crippen LogP contribution in [0, 0.1) is 5.82 Å². The summed E-state index contributed by atoms with van der Waals surface area (Å²) in [5.74, 6) is -0.957. The van der Waals surface area contributed by atoms with Gasteiger partial charge in [0.05, 0.1) is 11.0 Å². The summed E-state index contributed by atoms with van der Waals surface area (Å²) in [5.41, 5.74) is 0.635. The standard InChI is InChI=1S/C18H15F3N2O3/c1-11(26-16(24)10-25-13-8-6-12(19)7-9-13)17-22-14-4-2-3-5-15(14)23(17)18(20)21/h2-9,11,18H,10H2,1H3. The largest absolute Gasteiger partial charge is 0.482 e. The first-order valence-corrected chi connectivity index (χ1v) is 7.78. The SMILES string of the molecule is CC(OC(=O)COc1ccc(F)cc1)c1nc2ccccc2n1C(F)F. The molecule has 0 radical (unpaired) electrons. The Morgan fingerprint density at radius 2 is 1.85 bits per heavy atom. The number of hydrogen-bond donors (Lipinski definition) is 0. The maximum atomic E-state index is 13.4. The van der Waals surface area contributed by atoms with Gasteiger partial charge in [-0.15, -0.1) is 0 Å². The predicted octanol–water partition coefficient (Wildman–Crippen LogP) is 4.25. The molecule has 0 spiro atoms. The number of halogens is 3. The molecule has 0 saturated carbocycles. The minimum atomic E-state index is -2.82. The van der Waals surface area contributed by atoms with E-state index < -0.39 is 31.0 Å². The molecule has 2 aromatic carbocycles. The zero-order chi connectivity index (χ0) is 18.7. The zero-order valence-electron chi connectivity index (χ0n) is 13.7. The van der Waals surface area contributed by atoms with Gasteiger partial charge < -0.3 is 9.47 Å². The lowest BCUT2D eigenvalue weighted by Gasteiger charge is -2.15. The van der Waals surface area contributed by atoms with E-state index in [1.807, 2.05) is 0 Å². The lowest BCUT2D eigenvalue weighted by molar-refractivity contribution is -0.151. The van der Waals surface area contributed by atoms with Gasteiger partial charge in [-0.25, -0.2) is 14.2 Å². The quantitative estimate of drug-likeness (QED) is 0.614. The minimum absolute atomic E-state index is 0.0590. The Hall–Kier alpha value is -3.03. The van der Waals surface area contributed by atoms with Crippen LogP contribution in [0.4, 0.5) is 13.2 Å². The molecule has 0 aliphatic carbocycles. The molecule has 1 atom stereocenters. The molecular weight excluding hydrogens is 349 g/mol. The van der Waals surface area contributed by atoms with Gasteiger partial charge in [-0.1, -0.05) is 12.1 Å². The molecule has 0 saturated heterocycles. The van der Waals surface area contributed by atoms with Gasteiger partial charge in [0.2, 0.25) is 0 Å². The fraction of sp³-hybridized carbons (Fsp3) is 0.222. The molecule has 1 heterocycles. The predicted molar refractivity (Wildman–Crippen MR) is 87.4 cm³/mol. The Kier molecular flexibility index (Phi) is 5.11. The Morgan fingerprint density at radius 1 is 1.15 bits per heavy atom. The number of esters is 1. The summed E-state index contributed by atoms with van der Waals surface area (Å²) in [6.45, 7) is -1.81. The van der Waals surface area contributed by atoms with E-state index in [2.05, 4.69) is 4.98 Å². The van der Waals surface area contributed by atoms with Crippen molar-refractivity contribution in [2.75, 3.05) is 6.61 Å². The molecule has 0 amide bonds. The normalized spacial score (nSPS) is 12.3. The van der Waals surface area contributed by atoms with E-state index in [0.717, 1.165) is 4.57 Å². The van der Waals surface area contributed by atoms with Crippen molar-refractivity contribution in [1.82, 2.24) is 9.55 Å². The van der Waals surface area contributed by atoms with Crippen molar-refractivity contribution < 1.29 is 27.4 Å². The van der Waals surface area contributed by atoms with Gasteiger partial charge in [0.25, 0.3) is 0 Å². The molecule has 1 aromatic heterocycles. The Labute approximate surface area is 147 Å². The molecule has 5 nitrogen and oxygen atoms in total. The number of alkyl halides is 2. The molecule has 3 rings (SSSR count). The van der Waals surface area contributed by atoms with Gasteiger partial charge in [-0.05, 0) is 43.3 Å². The fourth-order valence-corrected chi connectivity index (χ4v) is 2.51. The maximum absolute atomic E-state index is 13.4. The topological polar surface area (TPSA) is 53.4 Å². The van der Waals surface area contributed by atoms with E-state index in [1.165, 1.54) is 37.3 Å². The number of aromatic nitrogens is 2. The molecule has 136 valence electrons.